The van der Waals surface area contributed by atoms with Gasteiger partial charge in [-0.05, 0) is 37.1 Å². The Labute approximate surface area is 168 Å². The number of pyridine rings is 1. The van der Waals surface area contributed by atoms with Gasteiger partial charge in [-0.25, -0.2) is 9.78 Å². The lowest BCUT2D eigenvalue weighted by Crippen LogP contribution is -2.29. The van der Waals surface area contributed by atoms with Crippen molar-refractivity contribution in [2.45, 2.75) is 20.3 Å². The Kier molecular flexibility index (Phi) is 6.26. The zero-order chi connectivity index (χ0) is 20.1. The molecule has 2 aromatic carbocycles. The average molecular weight is 397 g/mol. The summed E-state index contributed by atoms with van der Waals surface area (Å²) >= 11 is 6.13. The van der Waals surface area contributed by atoms with Crippen molar-refractivity contribution in [1.29, 1.82) is 0 Å². The van der Waals surface area contributed by atoms with Crippen molar-refractivity contribution < 1.29 is 14.3 Å². The number of rotatable bonds is 6. The van der Waals surface area contributed by atoms with Gasteiger partial charge in [0, 0.05) is 22.5 Å². The topological polar surface area (TPSA) is 68.3 Å². The van der Waals surface area contributed by atoms with Crippen LogP contribution in [0.2, 0.25) is 5.02 Å². The van der Waals surface area contributed by atoms with Crippen molar-refractivity contribution in [3.8, 4) is 11.3 Å². The molecule has 28 heavy (non-hydrogen) atoms. The molecule has 0 radical (unpaired) electrons. The molecule has 0 aliphatic heterocycles. The average Bonchev–Trinajstić information content (AvgIpc) is 2.70. The number of halogens is 1. The highest BCUT2D eigenvalue weighted by atomic mass is 35.5. The molecule has 3 rings (SSSR count). The van der Waals surface area contributed by atoms with E-state index in [0.717, 1.165) is 12.0 Å². The summed E-state index contributed by atoms with van der Waals surface area (Å²) in [6.45, 7) is 4.01. The van der Waals surface area contributed by atoms with Crippen LogP contribution in [0, 0.1) is 6.92 Å². The number of esters is 1. The minimum atomic E-state index is -0.550. The molecule has 0 fully saturated rings. The highest BCUT2D eigenvalue weighted by Crippen LogP contribution is 2.31. The number of aromatic nitrogens is 1. The summed E-state index contributed by atoms with van der Waals surface area (Å²) in [5.74, 6) is -0.868. The van der Waals surface area contributed by atoms with E-state index in [1.807, 2.05) is 50.2 Å². The highest BCUT2D eigenvalue weighted by molar-refractivity contribution is 6.30. The number of hydrogen-bond donors (Lipinski definition) is 1. The fourth-order valence-electron chi connectivity index (χ4n) is 3.01. The molecule has 0 saturated heterocycles. The molecule has 0 spiro atoms. The van der Waals surface area contributed by atoms with Crippen LogP contribution in [0.4, 0.5) is 0 Å². The van der Waals surface area contributed by atoms with Crippen molar-refractivity contribution in [1.82, 2.24) is 10.3 Å². The Hall–Kier alpha value is -2.92. The second-order valence-corrected chi connectivity index (χ2v) is 6.85. The number of nitrogens with zero attached hydrogens (tertiary/aromatic N) is 1. The van der Waals surface area contributed by atoms with E-state index in [9.17, 15) is 9.59 Å². The zero-order valence-electron chi connectivity index (χ0n) is 15.8. The Morgan fingerprint density at radius 3 is 2.68 bits per heavy atom. The first kappa shape index (κ1) is 19.8. The smallest absolute Gasteiger partial charge is 0.339 e. The van der Waals surface area contributed by atoms with Gasteiger partial charge in [-0.2, -0.15) is 0 Å². The van der Waals surface area contributed by atoms with Gasteiger partial charge in [0.25, 0.3) is 5.91 Å². The molecule has 0 unspecified atom stereocenters. The van der Waals surface area contributed by atoms with Crippen LogP contribution in [-0.2, 0) is 9.53 Å². The molecule has 3 aromatic rings. The lowest BCUT2D eigenvalue weighted by Gasteiger charge is -2.14. The Morgan fingerprint density at radius 2 is 1.93 bits per heavy atom. The van der Waals surface area contributed by atoms with Crippen LogP contribution >= 0.6 is 11.6 Å². The number of nitrogens with one attached hydrogen (secondary N) is 1. The van der Waals surface area contributed by atoms with E-state index in [1.165, 1.54) is 0 Å². The molecule has 1 heterocycles. The van der Waals surface area contributed by atoms with Crippen molar-refractivity contribution in [3.63, 3.8) is 0 Å². The lowest BCUT2D eigenvalue weighted by atomic mass is 9.98. The zero-order valence-corrected chi connectivity index (χ0v) is 16.5. The highest BCUT2D eigenvalue weighted by Gasteiger charge is 2.20. The standard InChI is InChI=1S/C22H21ClN2O3/c1-3-11-24-19(26)13-28-22(27)20-14(2)21(15-7-6-8-16(23)12-15)25-18-10-5-4-9-17(18)20/h4-10,12H,3,11,13H2,1-2H3,(H,24,26). The number of ether oxygens (including phenoxy) is 1. The molecule has 1 amide bonds. The first-order valence-electron chi connectivity index (χ1n) is 9.10. The van der Waals surface area contributed by atoms with Crippen LogP contribution in [-0.4, -0.2) is 30.0 Å². The molecule has 1 aromatic heterocycles. The van der Waals surface area contributed by atoms with E-state index in [2.05, 4.69) is 5.32 Å². The SMILES string of the molecule is CCCNC(=O)COC(=O)c1c(C)c(-c2cccc(Cl)c2)nc2ccccc12. The molecular weight excluding hydrogens is 376 g/mol. The van der Waals surface area contributed by atoms with Crippen LogP contribution in [0.15, 0.2) is 48.5 Å². The minimum absolute atomic E-state index is 0.318. The van der Waals surface area contributed by atoms with Gasteiger partial charge in [-0.3, -0.25) is 4.79 Å². The van der Waals surface area contributed by atoms with Crippen LogP contribution in [0.25, 0.3) is 22.2 Å². The molecule has 0 aliphatic carbocycles. The predicted octanol–water partition coefficient (Wildman–Crippen LogP) is 4.55. The minimum Gasteiger partial charge on any atom is -0.452 e. The fourth-order valence-corrected chi connectivity index (χ4v) is 3.20. The summed E-state index contributed by atoms with van der Waals surface area (Å²) in [4.78, 5) is 29.4. The molecule has 0 saturated carbocycles. The number of amides is 1. The summed E-state index contributed by atoms with van der Waals surface area (Å²) in [5.41, 5.74) is 3.23. The van der Waals surface area contributed by atoms with Gasteiger partial charge >= 0.3 is 5.97 Å². The molecule has 0 aliphatic rings. The number of fused-ring (bicyclic) bond motifs is 1. The quantitative estimate of drug-likeness (QED) is 0.621. The molecule has 144 valence electrons. The van der Waals surface area contributed by atoms with Gasteiger partial charge in [0.2, 0.25) is 0 Å². The molecule has 1 N–H and O–H groups in total. The third-order valence-corrected chi connectivity index (χ3v) is 4.58. The summed E-state index contributed by atoms with van der Waals surface area (Å²) in [7, 11) is 0. The molecule has 6 heteroatoms. The number of carbonyl (C=O) groups excluding carboxylic acids is 2. The van der Waals surface area contributed by atoms with Crippen molar-refractivity contribution in [2.75, 3.05) is 13.2 Å². The van der Waals surface area contributed by atoms with E-state index in [0.29, 0.717) is 39.3 Å². The van der Waals surface area contributed by atoms with Gasteiger partial charge < -0.3 is 10.1 Å². The summed E-state index contributed by atoms with van der Waals surface area (Å²) in [6, 6.07) is 14.7. The van der Waals surface area contributed by atoms with E-state index < -0.39 is 5.97 Å². The summed E-state index contributed by atoms with van der Waals surface area (Å²) in [5, 5.41) is 3.96. The Morgan fingerprint density at radius 1 is 1.14 bits per heavy atom. The lowest BCUT2D eigenvalue weighted by molar-refractivity contribution is -0.124. The molecule has 5 nitrogen and oxygen atoms in total. The molecular formula is C22H21ClN2O3. The van der Waals surface area contributed by atoms with E-state index in [4.69, 9.17) is 21.3 Å². The second kappa shape index (κ2) is 8.85. The van der Waals surface area contributed by atoms with Crippen LogP contribution < -0.4 is 5.32 Å². The van der Waals surface area contributed by atoms with Gasteiger partial charge in [-0.1, -0.05) is 48.9 Å². The van der Waals surface area contributed by atoms with Crippen molar-refractivity contribution in [2.24, 2.45) is 0 Å². The maximum Gasteiger partial charge on any atom is 0.339 e. The Balaban J connectivity index is 2.02. The van der Waals surface area contributed by atoms with Crippen molar-refractivity contribution in [3.05, 3.63) is 64.7 Å². The van der Waals surface area contributed by atoms with E-state index in [1.54, 1.807) is 12.1 Å². The van der Waals surface area contributed by atoms with Gasteiger partial charge in [-0.15, -0.1) is 0 Å². The monoisotopic (exact) mass is 396 g/mol. The van der Waals surface area contributed by atoms with E-state index >= 15 is 0 Å². The maximum absolute atomic E-state index is 12.9. The Bertz CT molecular complexity index is 1030. The van der Waals surface area contributed by atoms with Gasteiger partial charge in [0.05, 0.1) is 16.8 Å². The summed E-state index contributed by atoms with van der Waals surface area (Å²) < 4.78 is 5.29. The van der Waals surface area contributed by atoms with Gasteiger partial charge in [0.15, 0.2) is 6.61 Å². The van der Waals surface area contributed by atoms with Crippen LogP contribution in [0.5, 0.6) is 0 Å². The van der Waals surface area contributed by atoms with Gasteiger partial charge in [0.1, 0.15) is 0 Å². The number of para-hydroxylation sites is 1. The van der Waals surface area contributed by atoms with Crippen molar-refractivity contribution >= 4 is 34.4 Å². The van der Waals surface area contributed by atoms with E-state index in [-0.39, 0.29) is 12.5 Å². The maximum atomic E-state index is 12.9. The first-order chi connectivity index (χ1) is 13.5. The van der Waals surface area contributed by atoms with Crippen LogP contribution in [0.1, 0.15) is 29.3 Å². The second-order valence-electron chi connectivity index (χ2n) is 6.41. The third-order valence-electron chi connectivity index (χ3n) is 4.34. The molecule has 0 atom stereocenters. The number of hydrogen-bond acceptors (Lipinski definition) is 4. The largest absolute Gasteiger partial charge is 0.452 e. The third kappa shape index (κ3) is 4.31. The number of carbonyl (C=O) groups is 2. The molecule has 0 bridgehead atoms. The summed E-state index contributed by atoms with van der Waals surface area (Å²) in [6.07, 6.45) is 0.816. The van der Waals surface area contributed by atoms with Crippen LogP contribution in [0.3, 0.4) is 0 Å². The first-order valence-corrected chi connectivity index (χ1v) is 9.48. The normalized spacial score (nSPS) is 10.7. The fraction of sp³-hybridized carbons (Fsp3) is 0.227. The predicted molar refractivity (Wildman–Crippen MR) is 111 cm³/mol. The number of benzene rings is 2.